The Morgan fingerprint density at radius 2 is 2.21 bits per heavy atom. The monoisotopic (exact) mass is 330 g/mol. The molecule has 0 bridgehead atoms. The molecule has 0 unspecified atom stereocenters. The molecule has 0 spiro atoms. The minimum atomic E-state index is 0.122. The fourth-order valence-corrected chi connectivity index (χ4v) is 2.95. The number of aromatic nitrogens is 4. The van der Waals surface area contributed by atoms with E-state index < -0.39 is 0 Å². The number of nitrogens with zero attached hydrogens (tertiary/aromatic N) is 6. The molecule has 2 aromatic rings. The van der Waals surface area contributed by atoms with Crippen LogP contribution in [-0.2, 0) is 11.3 Å². The Morgan fingerprint density at radius 3 is 3.00 bits per heavy atom. The second-order valence-electron chi connectivity index (χ2n) is 6.50. The van der Waals surface area contributed by atoms with Crippen LogP contribution in [-0.4, -0.2) is 64.7 Å². The van der Waals surface area contributed by atoms with Crippen molar-refractivity contribution in [1.82, 2.24) is 25.3 Å². The highest BCUT2D eigenvalue weighted by Crippen LogP contribution is 2.39. The third kappa shape index (κ3) is 3.70. The average Bonchev–Trinajstić information content (AvgIpc) is 3.36. The highest BCUT2D eigenvalue weighted by molar-refractivity contribution is 5.35. The first-order chi connectivity index (χ1) is 11.8. The summed E-state index contributed by atoms with van der Waals surface area (Å²) in [5.41, 5.74) is 0. The number of hydrogen-bond donors (Lipinski definition) is 0. The maximum absolute atomic E-state index is 5.89. The Bertz CT molecular complexity index is 660. The van der Waals surface area contributed by atoms with Crippen molar-refractivity contribution in [2.24, 2.45) is 0 Å². The molecule has 1 saturated heterocycles. The third-order valence-electron chi connectivity index (χ3n) is 4.42. The van der Waals surface area contributed by atoms with Crippen LogP contribution in [0.15, 0.2) is 22.7 Å². The molecule has 0 amide bonds. The third-order valence-corrected chi connectivity index (χ3v) is 4.42. The largest absolute Gasteiger partial charge is 0.424 e. The molecule has 0 aromatic carbocycles. The van der Waals surface area contributed by atoms with E-state index in [2.05, 4.69) is 30.2 Å². The van der Waals surface area contributed by atoms with Crippen molar-refractivity contribution in [3.63, 3.8) is 0 Å². The first-order valence-corrected chi connectivity index (χ1v) is 8.43. The highest BCUT2D eigenvalue weighted by Gasteiger charge is 2.30. The van der Waals surface area contributed by atoms with Gasteiger partial charge in [0.15, 0.2) is 5.82 Å². The van der Waals surface area contributed by atoms with E-state index in [1.807, 2.05) is 19.2 Å². The van der Waals surface area contributed by atoms with Crippen LogP contribution in [0.1, 0.15) is 30.5 Å². The number of morpholine rings is 1. The first-order valence-electron chi connectivity index (χ1n) is 8.43. The zero-order valence-corrected chi connectivity index (χ0v) is 13.8. The normalized spacial score (nSPS) is 21.8. The van der Waals surface area contributed by atoms with Crippen LogP contribution in [0, 0.1) is 0 Å². The molecular formula is C16H22N6O2. The Balaban J connectivity index is 1.31. The van der Waals surface area contributed by atoms with Crippen LogP contribution in [0.3, 0.4) is 0 Å². The fraction of sp³-hybridized carbons (Fsp3) is 0.625. The first kappa shape index (κ1) is 15.5. The summed E-state index contributed by atoms with van der Waals surface area (Å²) in [7, 11) is 2.01. The second-order valence-corrected chi connectivity index (χ2v) is 6.50. The van der Waals surface area contributed by atoms with E-state index >= 15 is 0 Å². The van der Waals surface area contributed by atoms with Gasteiger partial charge in [0.2, 0.25) is 11.8 Å². The Kier molecular flexibility index (Phi) is 4.40. The minimum Gasteiger partial charge on any atom is -0.424 e. The lowest BCUT2D eigenvalue weighted by Crippen LogP contribution is -2.46. The van der Waals surface area contributed by atoms with Crippen molar-refractivity contribution in [3.8, 4) is 0 Å². The summed E-state index contributed by atoms with van der Waals surface area (Å²) in [6, 6.07) is 3.84. The maximum Gasteiger partial charge on any atom is 0.230 e. The molecule has 1 atom stereocenters. The Morgan fingerprint density at radius 1 is 1.29 bits per heavy atom. The van der Waals surface area contributed by atoms with E-state index in [4.69, 9.17) is 9.15 Å². The van der Waals surface area contributed by atoms with Gasteiger partial charge >= 0.3 is 0 Å². The van der Waals surface area contributed by atoms with Gasteiger partial charge in [-0.3, -0.25) is 4.90 Å². The Hall–Kier alpha value is -2.06. The number of hydrogen-bond acceptors (Lipinski definition) is 8. The minimum absolute atomic E-state index is 0.122. The lowest BCUT2D eigenvalue weighted by Gasteiger charge is -2.34. The summed E-state index contributed by atoms with van der Waals surface area (Å²) in [4.78, 5) is 4.38. The van der Waals surface area contributed by atoms with Gasteiger partial charge in [0.25, 0.3) is 0 Å². The molecule has 0 radical (unpaired) electrons. The van der Waals surface area contributed by atoms with E-state index in [1.165, 1.54) is 12.8 Å². The molecule has 2 aliphatic rings. The van der Waals surface area contributed by atoms with Crippen molar-refractivity contribution in [2.75, 3.05) is 38.2 Å². The lowest BCUT2D eigenvalue weighted by atomic mass is 10.2. The molecule has 1 aliphatic heterocycles. The molecule has 2 fully saturated rings. The summed E-state index contributed by atoms with van der Waals surface area (Å²) < 4.78 is 11.7. The predicted molar refractivity (Wildman–Crippen MR) is 86.6 cm³/mol. The van der Waals surface area contributed by atoms with Crippen LogP contribution < -0.4 is 4.90 Å². The van der Waals surface area contributed by atoms with E-state index in [0.717, 1.165) is 31.3 Å². The molecule has 1 saturated carbocycles. The zero-order valence-electron chi connectivity index (χ0n) is 13.8. The van der Waals surface area contributed by atoms with Crippen molar-refractivity contribution in [1.29, 1.82) is 0 Å². The smallest absolute Gasteiger partial charge is 0.230 e. The van der Waals surface area contributed by atoms with Gasteiger partial charge in [-0.2, -0.15) is 5.10 Å². The molecule has 24 heavy (non-hydrogen) atoms. The van der Waals surface area contributed by atoms with E-state index in [0.29, 0.717) is 25.0 Å². The average molecular weight is 330 g/mol. The van der Waals surface area contributed by atoms with Crippen LogP contribution in [0.25, 0.3) is 0 Å². The van der Waals surface area contributed by atoms with Crippen LogP contribution in [0.5, 0.6) is 0 Å². The van der Waals surface area contributed by atoms with E-state index in [-0.39, 0.29) is 6.10 Å². The van der Waals surface area contributed by atoms with Gasteiger partial charge in [-0.25, -0.2) is 0 Å². The summed E-state index contributed by atoms with van der Waals surface area (Å²) in [5.74, 6) is 2.87. The van der Waals surface area contributed by atoms with Crippen molar-refractivity contribution < 1.29 is 9.15 Å². The van der Waals surface area contributed by atoms with E-state index in [9.17, 15) is 0 Å². The van der Waals surface area contributed by atoms with Crippen LogP contribution in [0.4, 0.5) is 5.82 Å². The highest BCUT2D eigenvalue weighted by atomic mass is 16.5. The van der Waals surface area contributed by atoms with Crippen molar-refractivity contribution >= 4 is 5.82 Å². The molecule has 1 aliphatic carbocycles. The second kappa shape index (κ2) is 6.82. The summed E-state index contributed by atoms with van der Waals surface area (Å²) in [5, 5.41) is 16.4. The van der Waals surface area contributed by atoms with Crippen LogP contribution in [0.2, 0.25) is 0 Å². The number of rotatable bonds is 6. The van der Waals surface area contributed by atoms with Gasteiger partial charge < -0.3 is 14.1 Å². The molecule has 3 heterocycles. The van der Waals surface area contributed by atoms with E-state index in [1.54, 1.807) is 6.20 Å². The standard InChI is InChI=1S/C16H22N6O2/c1-21(14-3-2-6-17-18-14)9-13-10-22(7-8-23-13)11-15-19-20-16(24-15)12-4-5-12/h2-3,6,12-13H,4-5,7-11H2,1H3/t13-/m0/s1. The molecule has 128 valence electrons. The van der Waals surface area contributed by atoms with Gasteiger partial charge in [-0.1, -0.05) is 0 Å². The van der Waals surface area contributed by atoms with Crippen molar-refractivity contribution in [3.05, 3.63) is 30.1 Å². The molecule has 8 heteroatoms. The quantitative estimate of drug-likeness (QED) is 0.778. The van der Waals surface area contributed by atoms with Gasteiger partial charge in [-0.15, -0.1) is 15.3 Å². The zero-order chi connectivity index (χ0) is 16.4. The maximum atomic E-state index is 5.89. The van der Waals surface area contributed by atoms with Gasteiger partial charge in [0.1, 0.15) is 0 Å². The number of ether oxygens (including phenoxy) is 1. The van der Waals surface area contributed by atoms with Crippen LogP contribution >= 0.6 is 0 Å². The molecule has 0 N–H and O–H groups in total. The summed E-state index contributed by atoms with van der Waals surface area (Å²) in [6.07, 6.45) is 4.15. The lowest BCUT2D eigenvalue weighted by molar-refractivity contribution is -0.0288. The number of anilines is 1. The fourth-order valence-electron chi connectivity index (χ4n) is 2.95. The van der Waals surface area contributed by atoms with Gasteiger partial charge in [-0.05, 0) is 25.0 Å². The van der Waals surface area contributed by atoms with Gasteiger partial charge in [0.05, 0.1) is 19.3 Å². The summed E-state index contributed by atoms with van der Waals surface area (Å²) in [6.45, 7) is 3.89. The summed E-state index contributed by atoms with van der Waals surface area (Å²) >= 11 is 0. The molecule has 8 nitrogen and oxygen atoms in total. The SMILES string of the molecule is CN(C[C@H]1CN(Cc2nnc(C3CC3)o2)CCO1)c1cccnn1. The van der Waals surface area contributed by atoms with Crippen molar-refractivity contribution in [2.45, 2.75) is 31.4 Å². The Labute approximate surface area is 140 Å². The van der Waals surface area contributed by atoms with Gasteiger partial charge in [0, 0.05) is 38.8 Å². The topological polar surface area (TPSA) is 80.4 Å². The predicted octanol–water partition coefficient (Wildman–Crippen LogP) is 1.07. The molecular weight excluding hydrogens is 308 g/mol. The molecule has 2 aromatic heterocycles. The molecule has 4 rings (SSSR count). The number of likely N-dealkylation sites (N-methyl/N-ethyl adjacent to an activating group) is 1.